The first-order valence-electron chi connectivity index (χ1n) is 7.31. The molecule has 2 aromatic carbocycles. The van der Waals surface area contributed by atoms with Gasteiger partial charge in [-0.15, -0.1) is 0 Å². The molecule has 0 fully saturated rings. The third-order valence-corrected chi connectivity index (χ3v) is 3.25. The van der Waals surface area contributed by atoms with Crippen LogP contribution < -0.4 is 10.6 Å². The molecule has 118 valence electrons. The highest BCUT2D eigenvalue weighted by Gasteiger charge is 2.13. The van der Waals surface area contributed by atoms with Gasteiger partial charge in [0, 0.05) is 5.56 Å². The number of benzene rings is 2. The number of rotatable bonds is 7. The molecule has 0 aromatic heterocycles. The predicted octanol–water partition coefficient (Wildman–Crippen LogP) is 1.34. The van der Waals surface area contributed by atoms with E-state index in [2.05, 4.69) is 10.6 Å². The maximum absolute atomic E-state index is 11.9. The topological polar surface area (TPSA) is 75.3 Å². The molecule has 23 heavy (non-hydrogen) atoms. The van der Waals surface area contributed by atoms with Gasteiger partial charge in [0.15, 0.2) is 0 Å². The Labute approximate surface area is 134 Å². The highest BCUT2D eigenvalue weighted by Crippen LogP contribution is 2.02. The fourth-order valence-electron chi connectivity index (χ4n) is 2.11. The Balaban J connectivity index is 1.81. The van der Waals surface area contributed by atoms with Gasteiger partial charge in [-0.2, -0.15) is 0 Å². The Morgan fingerprint density at radius 1 is 0.957 bits per heavy atom. The molecular weight excluding hydrogens is 292 g/mol. The molecule has 0 bridgehead atoms. The van der Waals surface area contributed by atoms with E-state index in [9.17, 15) is 14.4 Å². The number of carbonyl (C=O) groups excluding carboxylic acids is 3. The van der Waals surface area contributed by atoms with Crippen molar-refractivity contribution in [2.75, 3.05) is 6.54 Å². The lowest BCUT2D eigenvalue weighted by Gasteiger charge is -2.13. The lowest BCUT2D eigenvalue weighted by molar-refractivity contribution is -0.123. The number of nitrogens with one attached hydrogen (secondary N) is 2. The molecule has 2 rings (SSSR count). The predicted molar refractivity (Wildman–Crippen MR) is 86.9 cm³/mol. The molecule has 0 aliphatic rings. The van der Waals surface area contributed by atoms with Crippen LogP contribution in [0.2, 0.25) is 0 Å². The SMILES string of the molecule is O=C[C@H](Cc1ccccc1)NC(=O)CNC(=O)c1ccccc1. The lowest BCUT2D eigenvalue weighted by Crippen LogP contribution is -2.43. The van der Waals surface area contributed by atoms with E-state index in [1.807, 2.05) is 36.4 Å². The number of amides is 2. The van der Waals surface area contributed by atoms with Crippen LogP contribution in [0.4, 0.5) is 0 Å². The molecule has 2 aromatic rings. The summed E-state index contributed by atoms with van der Waals surface area (Å²) in [4.78, 5) is 34.8. The monoisotopic (exact) mass is 310 g/mol. The molecule has 0 saturated heterocycles. The highest BCUT2D eigenvalue weighted by molar-refractivity contribution is 5.96. The van der Waals surface area contributed by atoms with Gasteiger partial charge in [0.2, 0.25) is 5.91 Å². The second-order valence-electron chi connectivity index (χ2n) is 5.05. The summed E-state index contributed by atoms with van der Waals surface area (Å²) in [7, 11) is 0. The van der Waals surface area contributed by atoms with Crippen LogP contribution in [0.3, 0.4) is 0 Å². The quantitative estimate of drug-likeness (QED) is 0.758. The zero-order chi connectivity index (χ0) is 16.5. The van der Waals surface area contributed by atoms with Crippen LogP contribution in [-0.2, 0) is 16.0 Å². The normalized spacial score (nSPS) is 11.3. The Hall–Kier alpha value is -2.95. The number of carbonyl (C=O) groups is 3. The summed E-state index contributed by atoms with van der Waals surface area (Å²) in [6, 6.07) is 17.4. The molecule has 0 unspecified atom stereocenters. The van der Waals surface area contributed by atoms with Crippen molar-refractivity contribution in [2.24, 2.45) is 0 Å². The largest absolute Gasteiger partial charge is 0.345 e. The van der Waals surface area contributed by atoms with E-state index in [4.69, 9.17) is 0 Å². The maximum Gasteiger partial charge on any atom is 0.251 e. The molecule has 0 heterocycles. The van der Waals surface area contributed by atoms with Crippen LogP contribution in [0, 0.1) is 0 Å². The third kappa shape index (κ3) is 5.39. The Bertz CT molecular complexity index is 656. The Morgan fingerprint density at radius 3 is 2.17 bits per heavy atom. The van der Waals surface area contributed by atoms with Gasteiger partial charge in [-0.05, 0) is 24.1 Å². The number of hydrogen-bond donors (Lipinski definition) is 2. The minimum absolute atomic E-state index is 0.174. The van der Waals surface area contributed by atoms with Crippen LogP contribution >= 0.6 is 0 Å². The molecule has 0 aliphatic carbocycles. The van der Waals surface area contributed by atoms with Crippen LogP contribution in [-0.4, -0.2) is 30.7 Å². The zero-order valence-electron chi connectivity index (χ0n) is 12.6. The standard InChI is InChI=1S/C18H18N2O3/c21-13-16(11-14-7-3-1-4-8-14)20-17(22)12-19-18(23)15-9-5-2-6-10-15/h1-10,13,16H,11-12H2,(H,19,23)(H,20,22)/t16-/m0/s1. The number of hydrogen-bond acceptors (Lipinski definition) is 3. The van der Waals surface area contributed by atoms with E-state index in [0.29, 0.717) is 18.3 Å². The molecule has 2 N–H and O–H groups in total. The molecule has 5 heteroatoms. The van der Waals surface area contributed by atoms with Gasteiger partial charge >= 0.3 is 0 Å². The molecule has 0 spiro atoms. The van der Waals surface area contributed by atoms with Crippen LogP contribution in [0.15, 0.2) is 60.7 Å². The molecule has 2 amide bonds. The summed E-state index contributed by atoms with van der Waals surface area (Å²) in [5.74, 6) is -0.728. The van der Waals surface area contributed by atoms with Gasteiger partial charge in [-0.1, -0.05) is 48.5 Å². The zero-order valence-corrected chi connectivity index (χ0v) is 12.6. The van der Waals surface area contributed by atoms with Gasteiger partial charge < -0.3 is 15.4 Å². The molecule has 0 saturated carbocycles. The maximum atomic E-state index is 11.9. The third-order valence-electron chi connectivity index (χ3n) is 3.25. The van der Waals surface area contributed by atoms with Crippen molar-refractivity contribution in [3.05, 3.63) is 71.8 Å². The summed E-state index contributed by atoms with van der Waals surface area (Å²) >= 11 is 0. The van der Waals surface area contributed by atoms with E-state index in [-0.39, 0.29) is 12.5 Å². The first-order chi connectivity index (χ1) is 11.2. The van der Waals surface area contributed by atoms with Gasteiger partial charge in [0.25, 0.3) is 5.91 Å². The van der Waals surface area contributed by atoms with Crippen molar-refractivity contribution in [3.8, 4) is 0 Å². The van der Waals surface area contributed by atoms with E-state index in [1.165, 1.54) is 0 Å². The van der Waals surface area contributed by atoms with E-state index < -0.39 is 11.9 Å². The first-order valence-corrected chi connectivity index (χ1v) is 7.31. The summed E-state index contributed by atoms with van der Waals surface area (Å²) in [6.07, 6.45) is 1.12. The van der Waals surface area contributed by atoms with Crippen molar-refractivity contribution < 1.29 is 14.4 Å². The van der Waals surface area contributed by atoms with Crippen molar-refractivity contribution >= 4 is 18.1 Å². The molecule has 0 radical (unpaired) electrons. The molecular formula is C18H18N2O3. The lowest BCUT2D eigenvalue weighted by atomic mass is 10.1. The van der Waals surface area contributed by atoms with Gasteiger partial charge in [0.05, 0.1) is 12.6 Å². The Kier molecular flexibility index (Phi) is 6.06. The fourth-order valence-corrected chi connectivity index (χ4v) is 2.11. The van der Waals surface area contributed by atoms with Crippen molar-refractivity contribution in [2.45, 2.75) is 12.5 Å². The fraction of sp³-hybridized carbons (Fsp3) is 0.167. The van der Waals surface area contributed by atoms with Gasteiger partial charge in [0.1, 0.15) is 6.29 Å². The minimum atomic E-state index is -0.612. The van der Waals surface area contributed by atoms with E-state index >= 15 is 0 Å². The number of aldehydes is 1. The van der Waals surface area contributed by atoms with Crippen LogP contribution in [0.25, 0.3) is 0 Å². The summed E-state index contributed by atoms with van der Waals surface area (Å²) < 4.78 is 0. The highest BCUT2D eigenvalue weighted by atomic mass is 16.2. The summed E-state index contributed by atoms with van der Waals surface area (Å²) in [5, 5.41) is 5.13. The summed E-state index contributed by atoms with van der Waals surface area (Å²) in [6.45, 7) is -0.174. The first kappa shape index (κ1) is 16.4. The average Bonchev–Trinajstić information content (AvgIpc) is 2.60. The van der Waals surface area contributed by atoms with Crippen molar-refractivity contribution in [1.82, 2.24) is 10.6 Å². The Morgan fingerprint density at radius 2 is 1.57 bits per heavy atom. The smallest absolute Gasteiger partial charge is 0.251 e. The van der Waals surface area contributed by atoms with Crippen LogP contribution in [0.1, 0.15) is 15.9 Å². The van der Waals surface area contributed by atoms with E-state index in [1.54, 1.807) is 24.3 Å². The van der Waals surface area contributed by atoms with Gasteiger partial charge in [-0.25, -0.2) is 0 Å². The second-order valence-corrected chi connectivity index (χ2v) is 5.05. The van der Waals surface area contributed by atoms with Crippen LogP contribution in [0.5, 0.6) is 0 Å². The van der Waals surface area contributed by atoms with Crippen molar-refractivity contribution in [3.63, 3.8) is 0 Å². The summed E-state index contributed by atoms with van der Waals surface area (Å²) in [5.41, 5.74) is 1.44. The second kappa shape index (κ2) is 8.48. The average molecular weight is 310 g/mol. The van der Waals surface area contributed by atoms with Crippen molar-refractivity contribution in [1.29, 1.82) is 0 Å². The molecule has 0 aliphatic heterocycles. The van der Waals surface area contributed by atoms with Gasteiger partial charge in [-0.3, -0.25) is 9.59 Å². The molecule has 1 atom stereocenters. The molecule has 5 nitrogen and oxygen atoms in total. The van der Waals surface area contributed by atoms with E-state index in [0.717, 1.165) is 5.56 Å². The minimum Gasteiger partial charge on any atom is -0.345 e.